The highest BCUT2D eigenvalue weighted by molar-refractivity contribution is 4.77. The van der Waals surface area contributed by atoms with Crippen LogP contribution >= 0.6 is 0 Å². The largest absolute Gasteiger partial charge is 0.310 e. The zero-order valence-corrected chi connectivity index (χ0v) is 5.41. The lowest BCUT2D eigenvalue weighted by molar-refractivity contribution is 0.455. The van der Waals surface area contributed by atoms with Gasteiger partial charge in [-0.2, -0.15) is 5.10 Å². The number of hydrogen-bond acceptors (Lipinski definition) is 2. The second-order valence-electron chi connectivity index (χ2n) is 1.90. The lowest BCUT2D eigenvalue weighted by Crippen LogP contribution is -2.17. The molecular weight excluding hydrogens is 114 g/mol. The van der Waals surface area contributed by atoms with E-state index in [0.717, 1.165) is 6.42 Å². The van der Waals surface area contributed by atoms with Gasteiger partial charge in [0.25, 0.3) is 0 Å². The summed E-state index contributed by atoms with van der Waals surface area (Å²) in [6.45, 7) is 2.02. The molecule has 0 spiro atoms. The van der Waals surface area contributed by atoms with Crippen LogP contribution < -0.4 is 5.73 Å². The number of hydrogen-bond donors (Lipinski definition) is 1. The third-order valence-electron chi connectivity index (χ3n) is 1.23. The van der Waals surface area contributed by atoms with E-state index in [0.29, 0.717) is 0 Å². The van der Waals surface area contributed by atoms with Gasteiger partial charge in [-0.1, -0.05) is 6.92 Å². The predicted molar refractivity (Wildman–Crippen MR) is 34.6 cm³/mol. The van der Waals surface area contributed by atoms with E-state index in [1.807, 2.05) is 13.1 Å². The van der Waals surface area contributed by atoms with E-state index in [1.165, 1.54) is 0 Å². The first-order valence-electron chi connectivity index (χ1n) is 3.01. The summed E-state index contributed by atoms with van der Waals surface area (Å²) in [7, 11) is 0. The van der Waals surface area contributed by atoms with E-state index in [1.54, 1.807) is 10.7 Å². The van der Waals surface area contributed by atoms with Crippen LogP contribution in [-0.4, -0.2) is 9.78 Å². The Morgan fingerprint density at radius 3 is 3.11 bits per heavy atom. The monoisotopic (exact) mass is 124 g/mol. The minimum Gasteiger partial charge on any atom is -0.310 e. The van der Waals surface area contributed by atoms with Gasteiger partial charge >= 0.3 is 0 Å². The van der Waals surface area contributed by atoms with Crippen LogP contribution in [0.25, 0.3) is 0 Å². The van der Waals surface area contributed by atoms with E-state index in [9.17, 15) is 0 Å². The summed E-state index contributed by atoms with van der Waals surface area (Å²) >= 11 is 0. The highest BCUT2D eigenvalue weighted by atomic mass is 15.3. The van der Waals surface area contributed by atoms with Gasteiger partial charge in [-0.05, 0) is 12.5 Å². The first kappa shape index (κ1) is 6.29. The zero-order chi connectivity index (χ0) is 6.69. The maximum absolute atomic E-state index is 5.62. The molecular formula is C6H10N3. The molecule has 0 aliphatic carbocycles. The Morgan fingerprint density at radius 2 is 2.67 bits per heavy atom. The van der Waals surface area contributed by atoms with E-state index in [2.05, 4.69) is 11.3 Å². The lowest BCUT2D eigenvalue weighted by atomic mass is 10.4. The molecule has 0 aromatic carbocycles. The van der Waals surface area contributed by atoms with Gasteiger partial charge in [0.15, 0.2) is 0 Å². The van der Waals surface area contributed by atoms with Gasteiger partial charge < -0.3 is 5.73 Å². The third kappa shape index (κ3) is 1.29. The van der Waals surface area contributed by atoms with E-state index >= 15 is 0 Å². The second-order valence-corrected chi connectivity index (χ2v) is 1.90. The Balaban J connectivity index is 2.65. The molecule has 3 heteroatoms. The van der Waals surface area contributed by atoms with E-state index in [4.69, 9.17) is 5.73 Å². The molecule has 0 saturated heterocycles. The standard InChI is InChI=1S/C6H10N3/c1-2-6(7)9-5-3-4-8-9/h3,5-6H,2,7H2,1H3. The van der Waals surface area contributed by atoms with Crippen molar-refractivity contribution in [3.8, 4) is 0 Å². The zero-order valence-electron chi connectivity index (χ0n) is 5.41. The minimum absolute atomic E-state index is 0.0104. The first-order valence-corrected chi connectivity index (χ1v) is 3.01. The smallest absolute Gasteiger partial charge is 0.113 e. The van der Waals surface area contributed by atoms with Crippen LogP contribution in [0.4, 0.5) is 0 Å². The van der Waals surface area contributed by atoms with Crippen LogP contribution in [0.15, 0.2) is 12.3 Å². The van der Waals surface area contributed by atoms with Gasteiger partial charge in [-0.3, -0.25) is 4.68 Å². The molecule has 0 aliphatic rings. The molecule has 0 saturated carbocycles. The van der Waals surface area contributed by atoms with E-state index < -0.39 is 0 Å². The Kier molecular flexibility index (Phi) is 1.85. The van der Waals surface area contributed by atoms with Crippen LogP contribution in [0.2, 0.25) is 0 Å². The highest BCUT2D eigenvalue weighted by Crippen LogP contribution is 1.98. The summed E-state index contributed by atoms with van der Waals surface area (Å²) in [5.41, 5.74) is 5.62. The van der Waals surface area contributed by atoms with Gasteiger partial charge in [0.1, 0.15) is 6.20 Å². The van der Waals surface area contributed by atoms with Gasteiger partial charge in [0.05, 0.1) is 6.17 Å². The van der Waals surface area contributed by atoms with Crippen LogP contribution in [0.1, 0.15) is 19.5 Å². The average Bonchev–Trinajstić information content (AvgIpc) is 2.37. The molecule has 1 heterocycles. The molecule has 0 bridgehead atoms. The molecule has 0 fully saturated rings. The molecule has 1 atom stereocenters. The molecule has 0 amide bonds. The molecule has 0 aliphatic heterocycles. The quantitative estimate of drug-likeness (QED) is 0.625. The van der Waals surface area contributed by atoms with Gasteiger partial charge in [-0.15, -0.1) is 0 Å². The summed E-state index contributed by atoms with van der Waals surface area (Å²) in [6, 6.07) is 1.75. The number of nitrogens with two attached hydrogens (primary N) is 1. The van der Waals surface area contributed by atoms with Crippen molar-refractivity contribution in [3.05, 3.63) is 18.5 Å². The summed E-state index contributed by atoms with van der Waals surface area (Å²) in [5, 5.41) is 3.85. The minimum atomic E-state index is 0.0104. The Hall–Kier alpha value is -0.830. The second kappa shape index (κ2) is 2.64. The average molecular weight is 124 g/mol. The summed E-state index contributed by atoms with van der Waals surface area (Å²) in [4.78, 5) is 0. The van der Waals surface area contributed by atoms with Crippen molar-refractivity contribution in [2.24, 2.45) is 5.73 Å². The van der Waals surface area contributed by atoms with Crippen molar-refractivity contribution in [1.29, 1.82) is 0 Å². The molecule has 1 unspecified atom stereocenters. The molecule has 3 nitrogen and oxygen atoms in total. The van der Waals surface area contributed by atoms with Crippen LogP contribution in [0, 0.1) is 6.20 Å². The van der Waals surface area contributed by atoms with Crippen LogP contribution in [0.3, 0.4) is 0 Å². The van der Waals surface area contributed by atoms with Crippen molar-refractivity contribution in [1.82, 2.24) is 9.78 Å². The lowest BCUT2D eigenvalue weighted by Gasteiger charge is -2.06. The molecule has 1 radical (unpaired) electrons. The number of rotatable bonds is 2. The highest BCUT2D eigenvalue weighted by Gasteiger charge is 1.98. The SMILES string of the molecule is CCC(N)n1cc[c]n1. The van der Waals surface area contributed by atoms with Gasteiger partial charge in [0, 0.05) is 6.20 Å². The van der Waals surface area contributed by atoms with Crippen LogP contribution in [0.5, 0.6) is 0 Å². The molecule has 2 N–H and O–H groups in total. The fourth-order valence-corrected chi connectivity index (χ4v) is 0.615. The fraction of sp³-hybridized carbons (Fsp3) is 0.500. The van der Waals surface area contributed by atoms with Crippen molar-refractivity contribution < 1.29 is 0 Å². The molecule has 1 rings (SSSR count). The predicted octanol–water partition coefficient (Wildman–Crippen LogP) is 0.551. The third-order valence-corrected chi connectivity index (χ3v) is 1.23. The van der Waals surface area contributed by atoms with Crippen molar-refractivity contribution >= 4 is 0 Å². The topological polar surface area (TPSA) is 43.8 Å². The Morgan fingerprint density at radius 1 is 1.89 bits per heavy atom. The number of nitrogens with zero attached hydrogens (tertiary/aromatic N) is 2. The maximum atomic E-state index is 5.62. The van der Waals surface area contributed by atoms with Gasteiger partial charge in [-0.25, -0.2) is 0 Å². The van der Waals surface area contributed by atoms with Gasteiger partial charge in [0.2, 0.25) is 0 Å². The molecule has 9 heavy (non-hydrogen) atoms. The van der Waals surface area contributed by atoms with Crippen molar-refractivity contribution in [2.75, 3.05) is 0 Å². The Bertz CT molecular complexity index is 157. The fourth-order valence-electron chi connectivity index (χ4n) is 0.615. The summed E-state index contributed by atoms with van der Waals surface area (Å²) < 4.78 is 1.69. The van der Waals surface area contributed by atoms with Crippen molar-refractivity contribution in [2.45, 2.75) is 19.5 Å². The summed E-state index contributed by atoms with van der Waals surface area (Å²) in [5.74, 6) is 0. The number of aromatic nitrogens is 2. The van der Waals surface area contributed by atoms with E-state index in [-0.39, 0.29) is 6.17 Å². The normalized spacial score (nSPS) is 13.6. The Labute approximate surface area is 54.5 Å². The maximum Gasteiger partial charge on any atom is 0.113 e. The molecule has 1 aromatic rings. The molecule has 1 aromatic heterocycles. The van der Waals surface area contributed by atoms with Crippen molar-refractivity contribution in [3.63, 3.8) is 0 Å². The first-order chi connectivity index (χ1) is 4.34. The van der Waals surface area contributed by atoms with Crippen LogP contribution in [-0.2, 0) is 0 Å². The molecule has 49 valence electrons. The summed E-state index contributed by atoms with van der Waals surface area (Å²) in [6.07, 6.45) is 5.40.